The molecule has 0 aliphatic carbocycles. The molecular formula is C13H21N5. The summed E-state index contributed by atoms with van der Waals surface area (Å²) in [5.74, 6) is 0. The second-order valence-corrected chi connectivity index (χ2v) is 5.03. The van der Waals surface area contributed by atoms with Gasteiger partial charge in [-0.25, -0.2) is 0 Å². The highest BCUT2D eigenvalue weighted by atomic mass is 15.3. The minimum absolute atomic E-state index is 0.0470. The Balaban J connectivity index is 2.11. The fraction of sp³-hybridized carbons (Fsp3) is 0.538. The lowest BCUT2D eigenvalue weighted by Gasteiger charge is -2.09. The first kappa shape index (κ1) is 12.8. The van der Waals surface area contributed by atoms with Gasteiger partial charge < -0.3 is 5.73 Å². The van der Waals surface area contributed by atoms with Crippen LogP contribution in [-0.2, 0) is 13.5 Å². The van der Waals surface area contributed by atoms with Gasteiger partial charge in [0.25, 0.3) is 0 Å². The van der Waals surface area contributed by atoms with Crippen LogP contribution in [-0.4, -0.2) is 19.6 Å². The number of nitrogens with two attached hydrogens (primary N) is 1. The van der Waals surface area contributed by atoms with Gasteiger partial charge in [0.1, 0.15) is 0 Å². The van der Waals surface area contributed by atoms with E-state index in [-0.39, 0.29) is 6.04 Å². The lowest BCUT2D eigenvalue weighted by molar-refractivity contribution is 0.522. The number of aromatic nitrogens is 4. The quantitative estimate of drug-likeness (QED) is 0.895. The van der Waals surface area contributed by atoms with Crippen molar-refractivity contribution in [3.05, 3.63) is 35.4 Å². The van der Waals surface area contributed by atoms with Crippen LogP contribution in [0, 0.1) is 6.92 Å². The van der Waals surface area contributed by atoms with Crippen molar-refractivity contribution >= 4 is 0 Å². The van der Waals surface area contributed by atoms with E-state index in [1.54, 1.807) is 4.68 Å². The van der Waals surface area contributed by atoms with E-state index in [0.29, 0.717) is 6.04 Å². The van der Waals surface area contributed by atoms with Gasteiger partial charge in [-0.05, 0) is 26.8 Å². The van der Waals surface area contributed by atoms with Crippen LogP contribution in [0.25, 0.3) is 0 Å². The van der Waals surface area contributed by atoms with Gasteiger partial charge in [-0.1, -0.05) is 0 Å². The number of hydrogen-bond acceptors (Lipinski definition) is 3. The van der Waals surface area contributed by atoms with Gasteiger partial charge in [0.05, 0.1) is 11.4 Å². The zero-order chi connectivity index (χ0) is 13.3. The average molecular weight is 247 g/mol. The predicted molar refractivity (Wildman–Crippen MR) is 71.2 cm³/mol. The van der Waals surface area contributed by atoms with E-state index in [9.17, 15) is 0 Å². The third kappa shape index (κ3) is 2.61. The molecule has 98 valence electrons. The molecule has 0 spiro atoms. The van der Waals surface area contributed by atoms with E-state index >= 15 is 0 Å². The Morgan fingerprint density at radius 2 is 2.06 bits per heavy atom. The van der Waals surface area contributed by atoms with Gasteiger partial charge in [-0.3, -0.25) is 9.36 Å². The van der Waals surface area contributed by atoms with Gasteiger partial charge in [0.15, 0.2) is 0 Å². The molecule has 18 heavy (non-hydrogen) atoms. The van der Waals surface area contributed by atoms with Crippen molar-refractivity contribution in [2.24, 2.45) is 12.8 Å². The molecule has 0 fully saturated rings. The normalized spacial score (nSPS) is 13.2. The Bertz CT molecular complexity index is 523. The van der Waals surface area contributed by atoms with Crippen LogP contribution in [0.2, 0.25) is 0 Å². The Labute approximate surface area is 108 Å². The summed E-state index contributed by atoms with van der Waals surface area (Å²) < 4.78 is 3.76. The number of nitrogens with zero attached hydrogens (tertiary/aromatic N) is 4. The molecule has 2 N–H and O–H groups in total. The summed E-state index contributed by atoms with van der Waals surface area (Å²) in [5.41, 5.74) is 9.34. The third-order valence-corrected chi connectivity index (χ3v) is 3.07. The van der Waals surface area contributed by atoms with Crippen LogP contribution in [0.15, 0.2) is 18.5 Å². The van der Waals surface area contributed by atoms with Crippen molar-refractivity contribution in [1.82, 2.24) is 19.6 Å². The van der Waals surface area contributed by atoms with Gasteiger partial charge in [-0.15, -0.1) is 0 Å². The van der Waals surface area contributed by atoms with Gasteiger partial charge in [0.2, 0.25) is 0 Å². The molecule has 5 nitrogen and oxygen atoms in total. The largest absolute Gasteiger partial charge is 0.324 e. The molecular weight excluding hydrogens is 226 g/mol. The number of aryl methyl sites for hydroxylation is 2. The summed E-state index contributed by atoms with van der Waals surface area (Å²) in [7, 11) is 1.91. The Morgan fingerprint density at radius 1 is 1.33 bits per heavy atom. The second-order valence-electron chi connectivity index (χ2n) is 5.03. The SMILES string of the molecule is Cc1nn(C)cc1C(N)Cc1ccn(C(C)C)n1. The number of rotatable bonds is 4. The molecule has 0 radical (unpaired) electrons. The fourth-order valence-corrected chi connectivity index (χ4v) is 2.09. The standard InChI is InChI=1S/C13H21N5/c1-9(2)18-6-5-11(16-18)7-13(14)12-8-17(4)15-10(12)3/h5-6,8-9,13H,7,14H2,1-4H3. The zero-order valence-electron chi connectivity index (χ0n) is 11.5. The molecule has 0 saturated carbocycles. The molecule has 0 amide bonds. The summed E-state index contributed by atoms with van der Waals surface area (Å²) >= 11 is 0. The van der Waals surface area contributed by atoms with Crippen LogP contribution in [0.4, 0.5) is 0 Å². The van der Waals surface area contributed by atoms with E-state index in [1.165, 1.54) is 0 Å². The Morgan fingerprint density at radius 3 is 2.56 bits per heavy atom. The van der Waals surface area contributed by atoms with Gasteiger partial charge >= 0.3 is 0 Å². The van der Waals surface area contributed by atoms with E-state index in [1.807, 2.05) is 37.1 Å². The summed E-state index contributed by atoms with van der Waals surface area (Å²) in [6, 6.07) is 2.37. The lowest BCUT2D eigenvalue weighted by Crippen LogP contribution is -2.14. The molecule has 0 bridgehead atoms. The first-order valence-corrected chi connectivity index (χ1v) is 6.27. The van der Waals surface area contributed by atoms with Crippen molar-refractivity contribution in [2.45, 2.75) is 39.3 Å². The minimum atomic E-state index is -0.0470. The van der Waals surface area contributed by atoms with Crippen LogP contribution in [0.5, 0.6) is 0 Å². The van der Waals surface area contributed by atoms with E-state index in [4.69, 9.17) is 5.73 Å². The lowest BCUT2D eigenvalue weighted by atomic mass is 10.0. The summed E-state index contributed by atoms with van der Waals surface area (Å²) in [6.45, 7) is 6.21. The monoisotopic (exact) mass is 247 g/mol. The highest BCUT2D eigenvalue weighted by Crippen LogP contribution is 2.18. The molecule has 2 aromatic heterocycles. The zero-order valence-corrected chi connectivity index (χ0v) is 11.5. The molecule has 1 atom stereocenters. The van der Waals surface area contributed by atoms with E-state index in [0.717, 1.165) is 23.4 Å². The molecule has 0 aliphatic heterocycles. The molecule has 1 unspecified atom stereocenters. The van der Waals surface area contributed by atoms with E-state index in [2.05, 4.69) is 24.0 Å². The van der Waals surface area contributed by atoms with Crippen molar-refractivity contribution in [2.75, 3.05) is 0 Å². The summed E-state index contributed by atoms with van der Waals surface area (Å²) in [5, 5.41) is 8.84. The molecule has 0 saturated heterocycles. The van der Waals surface area contributed by atoms with Crippen LogP contribution in [0.3, 0.4) is 0 Å². The number of hydrogen-bond donors (Lipinski definition) is 1. The van der Waals surface area contributed by atoms with Crippen LogP contribution >= 0.6 is 0 Å². The molecule has 2 rings (SSSR count). The van der Waals surface area contributed by atoms with Crippen LogP contribution < -0.4 is 5.73 Å². The summed E-state index contributed by atoms with van der Waals surface area (Å²) in [4.78, 5) is 0. The Kier molecular flexibility index (Phi) is 3.52. The van der Waals surface area contributed by atoms with E-state index < -0.39 is 0 Å². The van der Waals surface area contributed by atoms with Crippen molar-refractivity contribution < 1.29 is 0 Å². The maximum atomic E-state index is 6.22. The van der Waals surface area contributed by atoms with Crippen molar-refractivity contribution in [3.63, 3.8) is 0 Å². The molecule has 2 aromatic rings. The minimum Gasteiger partial charge on any atom is -0.324 e. The van der Waals surface area contributed by atoms with Crippen LogP contribution in [0.1, 0.15) is 42.9 Å². The molecule has 0 aromatic carbocycles. The smallest absolute Gasteiger partial charge is 0.0643 e. The van der Waals surface area contributed by atoms with Crippen molar-refractivity contribution in [1.29, 1.82) is 0 Å². The molecule has 0 aliphatic rings. The maximum Gasteiger partial charge on any atom is 0.0643 e. The molecule has 2 heterocycles. The fourth-order valence-electron chi connectivity index (χ4n) is 2.09. The first-order chi connectivity index (χ1) is 8.47. The topological polar surface area (TPSA) is 61.7 Å². The third-order valence-electron chi connectivity index (χ3n) is 3.07. The highest BCUT2D eigenvalue weighted by Gasteiger charge is 2.14. The Hall–Kier alpha value is -1.62. The van der Waals surface area contributed by atoms with Gasteiger partial charge in [0, 0.05) is 43.5 Å². The summed E-state index contributed by atoms with van der Waals surface area (Å²) in [6.07, 6.45) is 4.73. The van der Waals surface area contributed by atoms with Crippen molar-refractivity contribution in [3.8, 4) is 0 Å². The first-order valence-electron chi connectivity index (χ1n) is 6.27. The molecule has 5 heteroatoms. The van der Waals surface area contributed by atoms with Gasteiger partial charge in [-0.2, -0.15) is 10.2 Å². The highest BCUT2D eigenvalue weighted by molar-refractivity contribution is 5.21. The second kappa shape index (κ2) is 4.94. The predicted octanol–water partition coefficient (Wildman–Crippen LogP) is 1.75. The maximum absolute atomic E-state index is 6.22. The average Bonchev–Trinajstić information content (AvgIpc) is 2.85.